The van der Waals surface area contributed by atoms with Gasteiger partial charge in [0.25, 0.3) is 0 Å². The average molecular weight is 456 g/mol. The lowest BCUT2D eigenvalue weighted by molar-refractivity contribution is -0.274. The van der Waals surface area contributed by atoms with E-state index in [4.69, 9.17) is 4.74 Å². The highest BCUT2D eigenvalue weighted by Crippen LogP contribution is 2.49. The maximum Gasteiger partial charge on any atom is 0.573 e. The van der Waals surface area contributed by atoms with Crippen LogP contribution in [-0.2, 0) is 0 Å². The Bertz CT molecular complexity index is 1070. The smallest absolute Gasteiger partial charge is 0.453 e. The molecule has 0 aromatic heterocycles. The molecule has 0 unspecified atom stereocenters. The Morgan fingerprint density at radius 1 is 0.879 bits per heavy atom. The first-order valence-electron chi connectivity index (χ1n) is 10.8. The van der Waals surface area contributed by atoms with E-state index in [0.717, 1.165) is 42.1 Å². The quantitative estimate of drug-likeness (QED) is 0.488. The van der Waals surface area contributed by atoms with E-state index in [1.165, 1.54) is 24.3 Å². The van der Waals surface area contributed by atoms with E-state index >= 15 is 0 Å². The van der Waals surface area contributed by atoms with Gasteiger partial charge < -0.3 is 24.8 Å². The minimum Gasteiger partial charge on any atom is -0.453 e. The predicted molar refractivity (Wildman–Crippen MR) is 119 cm³/mol. The van der Waals surface area contributed by atoms with Crippen LogP contribution in [0.5, 0.6) is 17.2 Å². The van der Waals surface area contributed by atoms with Gasteiger partial charge in [0.05, 0.1) is 29.6 Å². The van der Waals surface area contributed by atoms with Gasteiger partial charge in [-0.25, -0.2) is 0 Å². The van der Waals surface area contributed by atoms with Gasteiger partial charge in [-0.05, 0) is 67.8 Å². The molecule has 0 radical (unpaired) electrons. The molecule has 3 aromatic carbocycles. The zero-order valence-electron chi connectivity index (χ0n) is 17.6. The Kier molecular flexibility index (Phi) is 5.54. The summed E-state index contributed by atoms with van der Waals surface area (Å²) < 4.78 is 47.2. The Hall–Kier alpha value is -3.39. The van der Waals surface area contributed by atoms with Crippen molar-refractivity contribution in [3.8, 4) is 17.2 Å². The molecule has 33 heavy (non-hydrogen) atoms. The molecule has 5 rings (SSSR count). The third-order valence-corrected chi connectivity index (χ3v) is 6.06. The molecule has 3 atom stereocenters. The summed E-state index contributed by atoms with van der Waals surface area (Å²) in [6, 6.07) is 20.6. The van der Waals surface area contributed by atoms with Crippen LogP contribution in [0.4, 0.5) is 30.2 Å². The highest BCUT2D eigenvalue weighted by Gasteiger charge is 2.39. The Morgan fingerprint density at radius 3 is 2.09 bits per heavy atom. The number of benzene rings is 3. The van der Waals surface area contributed by atoms with Crippen molar-refractivity contribution in [2.45, 2.75) is 43.8 Å². The van der Waals surface area contributed by atoms with E-state index in [1.54, 1.807) is 0 Å². The number of alkyl halides is 3. The van der Waals surface area contributed by atoms with E-state index in [2.05, 4.69) is 15.0 Å². The highest BCUT2D eigenvalue weighted by molar-refractivity contribution is 5.78. The fourth-order valence-electron chi connectivity index (χ4n) is 4.65. The summed E-state index contributed by atoms with van der Waals surface area (Å²) in [6.07, 6.45) is -3.03. The second-order valence-electron chi connectivity index (χ2n) is 8.22. The fraction of sp³-hybridized carbons (Fsp3) is 0.280. The van der Waals surface area contributed by atoms with Gasteiger partial charge in [-0.15, -0.1) is 13.2 Å². The molecule has 2 N–H and O–H groups in total. The van der Waals surface area contributed by atoms with Crippen molar-refractivity contribution >= 4 is 17.1 Å². The van der Waals surface area contributed by atoms with Crippen molar-refractivity contribution in [1.82, 2.24) is 0 Å². The first-order valence-corrected chi connectivity index (χ1v) is 10.8. The normalized spacial score (nSPS) is 22.1. The van der Waals surface area contributed by atoms with E-state index in [-0.39, 0.29) is 17.8 Å². The van der Waals surface area contributed by atoms with Crippen LogP contribution in [0.25, 0.3) is 0 Å². The largest absolute Gasteiger partial charge is 0.573 e. The monoisotopic (exact) mass is 456 g/mol. The zero-order valence-corrected chi connectivity index (χ0v) is 17.6. The molecule has 5 nitrogen and oxygen atoms in total. The molecule has 2 aliphatic rings. The molecule has 1 fully saturated rings. The van der Waals surface area contributed by atoms with Gasteiger partial charge in [0, 0.05) is 5.69 Å². The van der Waals surface area contributed by atoms with Crippen molar-refractivity contribution in [3.63, 3.8) is 0 Å². The van der Waals surface area contributed by atoms with Crippen LogP contribution in [0.3, 0.4) is 0 Å². The molecule has 0 bridgehead atoms. The molecule has 0 amide bonds. The maximum atomic E-state index is 12.4. The number of hydrogen-bond donors (Lipinski definition) is 2. The lowest BCUT2D eigenvalue weighted by atomic mass is 9.86. The van der Waals surface area contributed by atoms with E-state index < -0.39 is 12.5 Å². The lowest BCUT2D eigenvalue weighted by Gasteiger charge is -2.45. The summed E-state index contributed by atoms with van der Waals surface area (Å²) in [5.41, 5.74) is 2.42. The van der Waals surface area contributed by atoms with Crippen LogP contribution in [0.15, 0.2) is 72.8 Å². The molecular weight excluding hydrogens is 433 g/mol. The number of anilines is 3. The fourth-order valence-corrected chi connectivity index (χ4v) is 4.65. The summed E-state index contributed by atoms with van der Waals surface area (Å²) in [5.74, 6) is 1.19. The molecule has 172 valence electrons. The SMILES string of the molecule is O[C@@H]1[C@@H](Nc2ccc(OC(F)(F)F)cc2)CCC[C@H]1N1c2ccccc2Oc2ccccc21. The number of para-hydroxylation sites is 4. The van der Waals surface area contributed by atoms with Gasteiger partial charge >= 0.3 is 6.36 Å². The molecule has 0 saturated heterocycles. The van der Waals surface area contributed by atoms with E-state index in [0.29, 0.717) is 5.69 Å². The second-order valence-corrected chi connectivity index (χ2v) is 8.22. The third kappa shape index (κ3) is 4.43. The number of fused-ring (bicyclic) bond motifs is 2. The predicted octanol–water partition coefficient (Wildman–Crippen LogP) is 6.22. The van der Waals surface area contributed by atoms with Crippen LogP contribution in [0.1, 0.15) is 19.3 Å². The number of aliphatic hydroxyl groups excluding tert-OH is 1. The summed E-state index contributed by atoms with van der Waals surface area (Å²) in [7, 11) is 0. The van der Waals surface area contributed by atoms with Gasteiger partial charge in [0.1, 0.15) is 5.75 Å². The molecule has 8 heteroatoms. The Balaban J connectivity index is 1.38. The van der Waals surface area contributed by atoms with Crippen LogP contribution >= 0.6 is 0 Å². The highest BCUT2D eigenvalue weighted by atomic mass is 19.4. The molecule has 3 aromatic rings. The number of nitrogens with one attached hydrogen (secondary N) is 1. The van der Waals surface area contributed by atoms with Crippen molar-refractivity contribution in [2.75, 3.05) is 10.2 Å². The number of aliphatic hydroxyl groups is 1. The van der Waals surface area contributed by atoms with Crippen LogP contribution < -0.4 is 19.7 Å². The average Bonchev–Trinajstić information content (AvgIpc) is 2.79. The maximum absolute atomic E-state index is 12.4. The number of hydrogen-bond acceptors (Lipinski definition) is 5. The standard InChI is InChI=1S/C25H23F3N2O3/c26-25(27,28)33-17-14-12-16(13-15-17)29-18-6-5-9-21(24(18)31)30-19-7-1-3-10-22(19)32-23-11-4-2-8-20(23)30/h1-4,7-8,10-15,18,21,24,29,31H,5-6,9H2/t18-,21+,24+/m0/s1. The summed E-state index contributed by atoms with van der Waals surface area (Å²) in [4.78, 5) is 2.15. The van der Waals surface area contributed by atoms with Crippen LogP contribution in [0.2, 0.25) is 0 Å². The first kappa shape index (κ1) is 21.5. The van der Waals surface area contributed by atoms with E-state index in [9.17, 15) is 18.3 Å². The lowest BCUT2D eigenvalue weighted by Crippen LogP contribution is -2.52. The topological polar surface area (TPSA) is 54.0 Å². The second kappa shape index (κ2) is 8.51. The Labute approximate surface area is 189 Å². The van der Waals surface area contributed by atoms with Crippen molar-refractivity contribution in [3.05, 3.63) is 72.8 Å². The van der Waals surface area contributed by atoms with E-state index in [1.807, 2.05) is 48.5 Å². The minimum absolute atomic E-state index is 0.199. The van der Waals surface area contributed by atoms with Crippen molar-refractivity contribution < 1.29 is 27.8 Å². The Morgan fingerprint density at radius 2 is 1.48 bits per heavy atom. The minimum atomic E-state index is -4.73. The van der Waals surface area contributed by atoms with Gasteiger partial charge in [0.2, 0.25) is 0 Å². The zero-order chi connectivity index (χ0) is 23.0. The van der Waals surface area contributed by atoms with Gasteiger partial charge in [-0.2, -0.15) is 0 Å². The van der Waals surface area contributed by atoms with Crippen LogP contribution in [0, 0.1) is 0 Å². The molecule has 1 aliphatic carbocycles. The third-order valence-electron chi connectivity index (χ3n) is 6.06. The van der Waals surface area contributed by atoms with Gasteiger partial charge in [-0.3, -0.25) is 0 Å². The number of nitrogens with zero attached hydrogens (tertiary/aromatic N) is 1. The summed E-state index contributed by atoms with van der Waals surface area (Å²) >= 11 is 0. The first-order chi connectivity index (χ1) is 15.9. The molecule has 1 aliphatic heterocycles. The van der Waals surface area contributed by atoms with Gasteiger partial charge in [-0.1, -0.05) is 24.3 Å². The van der Waals surface area contributed by atoms with Crippen LogP contribution in [-0.4, -0.2) is 29.7 Å². The van der Waals surface area contributed by atoms with Crippen molar-refractivity contribution in [2.24, 2.45) is 0 Å². The number of rotatable bonds is 4. The molecule has 1 heterocycles. The summed E-state index contributed by atoms with van der Waals surface area (Å²) in [6.45, 7) is 0. The number of ether oxygens (including phenoxy) is 2. The van der Waals surface area contributed by atoms with Crippen molar-refractivity contribution in [1.29, 1.82) is 0 Å². The molecular formula is C25H23F3N2O3. The summed E-state index contributed by atoms with van der Waals surface area (Å²) in [5, 5.41) is 14.7. The molecule has 0 spiro atoms. The molecule has 1 saturated carbocycles. The number of halogens is 3. The van der Waals surface area contributed by atoms with Gasteiger partial charge in [0.15, 0.2) is 11.5 Å².